The third kappa shape index (κ3) is 7.74. The lowest BCUT2D eigenvalue weighted by atomic mass is 9.63. The quantitative estimate of drug-likeness (QED) is 0.327. The van der Waals surface area contributed by atoms with E-state index in [9.17, 15) is 13.8 Å². The molecule has 2 aromatic carbocycles. The molecule has 3 aliphatic rings. The summed E-state index contributed by atoms with van der Waals surface area (Å²) in [6.07, 6.45) is 8.28. The number of hydrogen-bond acceptors (Lipinski definition) is 6. The molecule has 268 valence electrons. The smallest absolute Gasteiger partial charge is 0.263 e. The standard InChI is InChI=1S/C39H54ClN3O5S/c1-9-11-27-20-31(40)15-16-32(27)30-23-43-22-29-13-17-33(29)39(47-8,37(45)42(7)38(4,5)6)19-10-12-25(2)26(3)49(46)41-36(44)28-14-18-35(48-24-30)34(43)21-28/h10,14-16,18-21,25-26,29-30,33H,9,11-13,17,22-24H2,1-8H3,(H,41,44)/b19-10+. The van der Waals surface area contributed by atoms with Gasteiger partial charge in [-0.05, 0) is 113 Å². The fourth-order valence-electron chi connectivity index (χ4n) is 7.42. The first-order chi connectivity index (χ1) is 23.2. The number of carbonyl (C=O) groups excluding carboxylic acids is 2. The maximum atomic E-state index is 14.5. The predicted molar refractivity (Wildman–Crippen MR) is 199 cm³/mol. The predicted octanol–water partition coefficient (Wildman–Crippen LogP) is 7.32. The maximum Gasteiger partial charge on any atom is 0.263 e. The van der Waals surface area contributed by atoms with Gasteiger partial charge in [0, 0.05) is 55.2 Å². The third-order valence-electron chi connectivity index (χ3n) is 11.1. The van der Waals surface area contributed by atoms with E-state index in [4.69, 9.17) is 21.1 Å². The minimum Gasteiger partial charge on any atom is -0.491 e. The molecule has 2 amide bonds. The normalized spacial score (nSPS) is 29.8. The first-order valence-corrected chi connectivity index (χ1v) is 19.3. The number of methoxy groups -OCH3 is 1. The zero-order valence-electron chi connectivity index (χ0n) is 30.4. The molecule has 1 N–H and O–H groups in total. The summed E-state index contributed by atoms with van der Waals surface area (Å²) in [5.74, 6) is 0.367. The molecular weight excluding hydrogens is 658 g/mol. The Balaban J connectivity index is 1.62. The van der Waals surface area contributed by atoms with E-state index in [1.807, 2.05) is 72.0 Å². The van der Waals surface area contributed by atoms with Crippen LogP contribution in [0.2, 0.25) is 5.02 Å². The van der Waals surface area contributed by atoms with Crippen LogP contribution in [0.5, 0.6) is 5.75 Å². The number of fused-ring (bicyclic) bond motifs is 2. The van der Waals surface area contributed by atoms with Crippen LogP contribution >= 0.6 is 11.6 Å². The lowest BCUT2D eigenvalue weighted by Gasteiger charge is -2.51. The summed E-state index contributed by atoms with van der Waals surface area (Å²) in [4.78, 5) is 32.2. The van der Waals surface area contributed by atoms with Crippen LogP contribution in [0.15, 0.2) is 48.6 Å². The zero-order chi connectivity index (χ0) is 35.7. The van der Waals surface area contributed by atoms with Gasteiger partial charge in [0.15, 0.2) is 5.60 Å². The number of likely N-dealkylation sites (N-methyl/N-ethyl adjacent to an activating group) is 1. The molecule has 1 aliphatic carbocycles. The summed E-state index contributed by atoms with van der Waals surface area (Å²) in [5, 5.41) is 0.402. The van der Waals surface area contributed by atoms with Crippen molar-refractivity contribution in [1.82, 2.24) is 9.62 Å². The Morgan fingerprint density at radius 1 is 1.16 bits per heavy atom. The number of rotatable bonds is 5. The van der Waals surface area contributed by atoms with Gasteiger partial charge in [0.1, 0.15) is 16.7 Å². The monoisotopic (exact) mass is 711 g/mol. The van der Waals surface area contributed by atoms with E-state index in [0.29, 0.717) is 37.4 Å². The number of benzene rings is 2. The Hall–Kier alpha value is -2.88. The molecule has 1 fully saturated rings. The van der Waals surface area contributed by atoms with E-state index in [-0.39, 0.29) is 40.7 Å². The first-order valence-electron chi connectivity index (χ1n) is 17.7. The number of halogens is 1. The van der Waals surface area contributed by atoms with E-state index in [0.717, 1.165) is 36.4 Å². The van der Waals surface area contributed by atoms with Crippen LogP contribution in [0.25, 0.3) is 0 Å². The molecule has 0 aromatic heterocycles. The van der Waals surface area contributed by atoms with Crippen LogP contribution in [-0.2, 0) is 26.9 Å². The summed E-state index contributed by atoms with van der Waals surface area (Å²) in [6, 6.07) is 11.6. The molecule has 2 aliphatic heterocycles. The molecule has 0 radical (unpaired) electrons. The van der Waals surface area contributed by atoms with Gasteiger partial charge in [-0.1, -0.05) is 44.0 Å². The average molecular weight is 712 g/mol. The molecule has 0 saturated heterocycles. The summed E-state index contributed by atoms with van der Waals surface area (Å²) in [5.41, 5.74) is 2.13. The Morgan fingerprint density at radius 2 is 1.92 bits per heavy atom. The number of nitrogens with zero attached hydrogens (tertiary/aromatic N) is 2. The Morgan fingerprint density at radius 3 is 2.57 bits per heavy atom. The Kier molecular flexibility index (Phi) is 11.6. The molecule has 7 atom stereocenters. The lowest BCUT2D eigenvalue weighted by molar-refractivity contribution is -0.166. The van der Waals surface area contributed by atoms with E-state index < -0.39 is 22.1 Å². The van der Waals surface area contributed by atoms with E-state index in [1.54, 1.807) is 18.1 Å². The van der Waals surface area contributed by atoms with Crippen LogP contribution in [0.3, 0.4) is 0 Å². The second-order valence-electron chi connectivity index (χ2n) is 15.2. The van der Waals surface area contributed by atoms with Gasteiger partial charge in [0.2, 0.25) is 0 Å². The zero-order valence-corrected chi connectivity index (χ0v) is 32.0. The van der Waals surface area contributed by atoms with Crippen molar-refractivity contribution in [1.29, 1.82) is 0 Å². The van der Waals surface area contributed by atoms with Crippen molar-refractivity contribution in [3.63, 3.8) is 0 Å². The molecule has 0 spiro atoms. The van der Waals surface area contributed by atoms with Crippen molar-refractivity contribution in [3.05, 3.63) is 70.3 Å². The summed E-state index contributed by atoms with van der Waals surface area (Å²) in [7, 11) is 1.89. The number of amides is 2. The van der Waals surface area contributed by atoms with Gasteiger partial charge in [-0.3, -0.25) is 14.3 Å². The highest BCUT2D eigenvalue weighted by atomic mass is 35.5. The number of aryl methyl sites for hydroxylation is 1. The lowest BCUT2D eigenvalue weighted by Crippen LogP contribution is -2.61. The number of allylic oxidation sites excluding steroid dienone is 1. The van der Waals surface area contributed by atoms with Gasteiger partial charge in [-0.2, -0.15) is 0 Å². The minimum absolute atomic E-state index is 0.0224. The molecule has 5 rings (SSSR count). The van der Waals surface area contributed by atoms with Crippen LogP contribution in [0.4, 0.5) is 5.69 Å². The second kappa shape index (κ2) is 15.2. The first kappa shape index (κ1) is 37.4. The van der Waals surface area contributed by atoms with Crippen molar-refractivity contribution < 1.29 is 23.3 Å². The van der Waals surface area contributed by atoms with Gasteiger partial charge in [-0.25, -0.2) is 4.21 Å². The molecule has 2 heterocycles. The highest BCUT2D eigenvalue weighted by molar-refractivity contribution is 7.84. The second-order valence-corrected chi connectivity index (χ2v) is 17.2. The average Bonchev–Trinajstić information content (AvgIpc) is 3.23. The highest BCUT2D eigenvalue weighted by Gasteiger charge is 2.54. The number of hydrogen-bond donors (Lipinski definition) is 1. The molecule has 10 heteroatoms. The Bertz CT molecular complexity index is 1590. The van der Waals surface area contributed by atoms with Crippen molar-refractivity contribution >= 4 is 40.1 Å². The van der Waals surface area contributed by atoms with Crippen LogP contribution in [0.1, 0.15) is 94.6 Å². The van der Waals surface area contributed by atoms with Crippen molar-refractivity contribution in [2.24, 2.45) is 17.8 Å². The molecule has 2 bridgehead atoms. The van der Waals surface area contributed by atoms with Crippen LogP contribution in [-0.4, -0.2) is 71.2 Å². The Labute approximate surface area is 300 Å². The SMILES string of the molecule is CCCc1cc(Cl)ccc1C1COc2ccc3cc2N(C1)CC1CCC1C(OC)(C(=O)N(C)C(C)(C)C)/C=C/CC(C)C(C)S(=O)NC3=O. The molecule has 8 nitrogen and oxygen atoms in total. The van der Waals surface area contributed by atoms with Crippen molar-refractivity contribution in [2.75, 3.05) is 38.8 Å². The van der Waals surface area contributed by atoms with E-state index in [2.05, 4.69) is 28.7 Å². The number of anilines is 1. The van der Waals surface area contributed by atoms with E-state index >= 15 is 0 Å². The fourth-order valence-corrected chi connectivity index (χ4v) is 8.63. The minimum atomic E-state index is -1.62. The number of ether oxygens (including phenoxy) is 2. The topological polar surface area (TPSA) is 88.2 Å². The van der Waals surface area contributed by atoms with Crippen molar-refractivity contribution in [2.45, 2.75) is 96.0 Å². The summed E-state index contributed by atoms with van der Waals surface area (Å²) >= 11 is 6.46. The summed E-state index contributed by atoms with van der Waals surface area (Å²) in [6.45, 7) is 14.0. The molecule has 2 aromatic rings. The van der Waals surface area contributed by atoms with Gasteiger partial charge in [0.05, 0.1) is 17.5 Å². The van der Waals surface area contributed by atoms with E-state index in [1.165, 1.54) is 11.1 Å². The largest absolute Gasteiger partial charge is 0.491 e. The third-order valence-corrected chi connectivity index (χ3v) is 12.9. The van der Waals surface area contributed by atoms with Gasteiger partial charge in [0.25, 0.3) is 11.8 Å². The fraction of sp³-hybridized carbons (Fsp3) is 0.590. The van der Waals surface area contributed by atoms with Gasteiger partial charge >= 0.3 is 0 Å². The highest BCUT2D eigenvalue weighted by Crippen LogP contribution is 2.48. The molecular formula is C39H54ClN3O5S. The molecule has 49 heavy (non-hydrogen) atoms. The van der Waals surface area contributed by atoms with Crippen LogP contribution < -0.4 is 14.4 Å². The van der Waals surface area contributed by atoms with Gasteiger partial charge in [-0.15, -0.1) is 0 Å². The molecule has 7 unspecified atom stereocenters. The summed E-state index contributed by atoms with van der Waals surface area (Å²) < 4.78 is 29.0. The van der Waals surface area contributed by atoms with Crippen molar-refractivity contribution in [3.8, 4) is 5.75 Å². The van der Waals surface area contributed by atoms with Crippen LogP contribution in [0, 0.1) is 17.8 Å². The number of nitrogens with one attached hydrogen (secondary N) is 1. The number of carbonyl (C=O) groups is 2. The van der Waals surface area contributed by atoms with Gasteiger partial charge < -0.3 is 19.3 Å². The maximum absolute atomic E-state index is 14.5. The molecule has 1 saturated carbocycles.